The Morgan fingerprint density at radius 1 is 1.15 bits per heavy atom. The number of fused-ring (bicyclic) bond motifs is 1. The molecule has 3 rings (SSSR count). The Kier molecular flexibility index (Phi) is 8.81. The number of carbonyl (C=O) groups is 1. The molecule has 0 unspecified atom stereocenters. The smallest absolute Gasteiger partial charge is 0.347 e. The van der Waals surface area contributed by atoms with Crippen LogP contribution in [-0.4, -0.2) is 41.2 Å². The minimum Gasteiger partial charge on any atom is -0.490 e. The molecule has 180 valence electrons. The second kappa shape index (κ2) is 11.8. The second-order valence-corrected chi connectivity index (χ2v) is 8.37. The third kappa shape index (κ3) is 6.02. The number of nitrogens with zero attached hydrogens (tertiary/aromatic N) is 3. The first-order valence-electron chi connectivity index (χ1n) is 11.2. The molecule has 0 saturated carbocycles. The molecule has 1 heterocycles. The van der Waals surface area contributed by atoms with Crippen LogP contribution in [0.15, 0.2) is 50.8 Å². The molecule has 0 saturated heterocycles. The van der Waals surface area contributed by atoms with E-state index in [-0.39, 0.29) is 12.2 Å². The maximum absolute atomic E-state index is 13.2. The van der Waals surface area contributed by atoms with E-state index in [1.807, 2.05) is 26.0 Å². The van der Waals surface area contributed by atoms with Gasteiger partial charge in [-0.2, -0.15) is 9.78 Å². The van der Waals surface area contributed by atoms with Crippen LogP contribution in [0.3, 0.4) is 0 Å². The molecule has 0 radical (unpaired) electrons. The summed E-state index contributed by atoms with van der Waals surface area (Å²) in [6.07, 6.45) is 2.23. The quantitative estimate of drug-likeness (QED) is 0.278. The predicted molar refractivity (Wildman–Crippen MR) is 135 cm³/mol. The van der Waals surface area contributed by atoms with E-state index in [1.165, 1.54) is 4.68 Å². The number of rotatable bonds is 10. The number of esters is 1. The van der Waals surface area contributed by atoms with Gasteiger partial charge in [0.15, 0.2) is 17.6 Å². The van der Waals surface area contributed by atoms with Crippen LogP contribution in [0.5, 0.6) is 11.5 Å². The van der Waals surface area contributed by atoms with Crippen molar-refractivity contribution < 1.29 is 19.0 Å². The Hall–Kier alpha value is -3.20. The van der Waals surface area contributed by atoms with Gasteiger partial charge in [-0.1, -0.05) is 22.9 Å². The van der Waals surface area contributed by atoms with E-state index >= 15 is 0 Å². The standard InChI is InChI=1S/C25H28BrN3O5/c1-5-8-23-28-20-11-10-18(26)14-19(20)24(30)29(23)27-15-17-9-12-21(22(13-17)32-6-2)34-16(4)25(31)33-7-3/h9-16H,5-8H2,1-4H3/t16-/m0/s1. The molecule has 0 aliphatic rings. The summed E-state index contributed by atoms with van der Waals surface area (Å²) >= 11 is 3.41. The lowest BCUT2D eigenvalue weighted by molar-refractivity contribution is -0.150. The molecule has 0 spiro atoms. The van der Waals surface area contributed by atoms with Crippen LogP contribution in [0, 0.1) is 0 Å². The van der Waals surface area contributed by atoms with Gasteiger partial charge in [0, 0.05) is 10.9 Å². The maximum atomic E-state index is 13.2. The SMILES string of the molecule is CCCc1nc2ccc(Br)cc2c(=O)n1N=Cc1ccc(O[C@@H](C)C(=O)OCC)c(OCC)c1. The van der Waals surface area contributed by atoms with Crippen LogP contribution in [-0.2, 0) is 16.0 Å². The number of hydrogen-bond donors (Lipinski definition) is 0. The van der Waals surface area contributed by atoms with Gasteiger partial charge in [0.2, 0.25) is 0 Å². The summed E-state index contributed by atoms with van der Waals surface area (Å²) < 4.78 is 18.6. The van der Waals surface area contributed by atoms with Crippen molar-refractivity contribution in [2.75, 3.05) is 13.2 Å². The highest BCUT2D eigenvalue weighted by Gasteiger charge is 2.18. The number of hydrogen-bond acceptors (Lipinski definition) is 7. The molecule has 2 aromatic carbocycles. The van der Waals surface area contributed by atoms with Crippen LogP contribution < -0.4 is 15.0 Å². The lowest BCUT2D eigenvalue weighted by Gasteiger charge is -2.16. The summed E-state index contributed by atoms with van der Waals surface area (Å²) in [5, 5.41) is 4.93. The number of aromatic nitrogens is 2. The summed E-state index contributed by atoms with van der Waals surface area (Å²) in [6.45, 7) is 7.93. The van der Waals surface area contributed by atoms with Gasteiger partial charge in [0.1, 0.15) is 5.82 Å². The van der Waals surface area contributed by atoms with Gasteiger partial charge in [-0.05, 0) is 69.2 Å². The summed E-state index contributed by atoms with van der Waals surface area (Å²) in [5.41, 5.74) is 1.10. The normalized spacial score (nSPS) is 12.1. The summed E-state index contributed by atoms with van der Waals surface area (Å²) in [6, 6.07) is 10.6. The zero-order valence-corrected chi connectivity index (χ0v) is 21.3. The van der Waals surface area contributed by atoms with Gasteiger partial charge in [-0.25, -0.2) is 9.78 Å². The van der Waals surface area contributed by atoms with Crippen molar-refractivity contribution >= 4 is 39.0 Å². The van der Waals surface area contributed by atoms with E-state index in [0.29, 0.717) is 46.8 Å². The van der Waals surface area contributed by atoms with E-state index in [2.05, 4.69) is 26.0 Å². The molecule has 0 amide bonds. The lowest BCUT2D eigenvalue weighted by atomic mass is 10.2. The molecule has 3 aromatic rings. The zero-order valence-electron chi connectivity index (χ0n) is 19.7. The molecule has 0 aliphatic carbocycles. The Bertz CT molecular complexity index is 1260. The van der Waals surface area contributed by atoms with E-state index in [9.17, 15) is 9.59 Å². The van der Waals surface area contributed by atoms with E-state index < -0.39 is 12.1 Å². The Morgan fingerprint density at radius 3 is 2.65 bits per heavy atom. The minimum absolute atomic E-state index is 0.237. The molecule has 0 aliphatic heterocycles. The first-order chi connectivity index (χ1) is 16.4. The molecule has 0 fully saturated rings. The largest absolute Gasteiger partial charge is 0.490 e. The summed E-state index contributed by atoms with van der Waals surface area (Å²) in [5.74, 6) is 1.02. The monoisotopic (exact) mass is 529 g/mol. The van der Waals surface area contributed by atoms with Gasteiger partial charge in [0.25, 0.3) is 5.56 Å². The molecule has 34 heavy (non-hydrogen) atoms. The highest BCUT2D eigenvalue weighted by atomic mass is 79.9. The molecule has 0 bridgehead atoms. The first kappa shape index (κ1) is 25.4. The zero-order chi connectivity index (χ0) is 24.7. The highest BCUT2D eigenvalue weighted by molar-refractivity contribution is 9.10. The van der Waals surface area contributed by atoms with Crippen molar-refractivity contribution in [1.29, 1.82) is 0 Å². The van der Waals surface area contributed by atoms with Crippen LogP contribution >= 0.6 is 15.9 Å². The summed E-state index contributed by atoms with van der Waals surface area (Å²) in [4.78, 5) is 29.7. The van der Waals surface area contributed by atoms with Crippen molar-refractivity contribution in [3.05, 3.63) is 62.6 Å². The number of carbonyl (C=O) groups excluding carboxylic acids is 1. The van der Waals surface area contributed by atoms with E-state index in [1.54, 1.807) is 44.3 Å². The first-order valence-corrected chi connectivity index (χ1v) is 12.0. The molecular formula is C25H28BrN3O5. The molecule has 0 N–H and O–H groups in total. The maximum Gasteiger partial charge on any atom is 0.347 e. The average molecular weight is 530 g/mol. The van der Waals surface area contributed by atoms with Gasteiger partial charge in [0.05, 0.1) is 30.3 Å². The molecule has 1 aromatic heterocycles. The van der Waals surface area contributed by atoms with Crippen molar-refractivity contribution in [3.8, 4) is 11.5 Å². The highest BCUT2D eigenvalue weighted by Crippen LogP contribution is 2.29. The average Bonchev–Trinajstić information content (AvgIpc) is 2.81. The number of benzene rings is 2. The van der Waals surface area contributed by atoms with Crippen LogP contribution in [0.25, 0.3) is 10.9 Å². The minimum atomic E-state index is -0.781. The Labute approximate surface area is 206 Å². The fraction of sp³-hybridized carbons (Fsp3) is 0.360. The van der Waals surface area contributed by atoms with Gasteiger partial charge in [-0.3, -0.25) is 4.79 Å². The Balaban J connectivity index is 1.96. The molecule has 9 heteroatoms. The van der Waals surface area contributed by atoms with Gasteiger partial charge >= 0.3 is 5.97 Å². The van der Waals surface area contributed by atoms with Crippen molar-refractivity contribution in [3.63, 3.8) is 0 Å². The third-order valence-corrected chi connectivity index (χ3v) is 5.35. The summed E-state index contributed by atoms with van der Waals surface area (Å²) in [7, 11) is 0. The van der Waals surface area contributed by atoms with Crippen LogP contribution in [0.1, 0.15) is 45.5 Å². The predicted octanol–water partition coefficient (Wildman–Crippen LogP) is 4.72. The number of halogens is 1. The fourth-order valence-electron chi connectivity index (χ4n) is 3.29. The third-order valence-electron chi connectivity index (χ3n) is 4.86. The fourth-order valence-corrected chi connectivity index (χ4v) is 3.65. The van der Waals surface area contributed by atoms with Crippen molar-refractivity contribution in [2.45, 2.75) is 46.6 Å². The molecule has 8 nitrogen and oxygen atoms in total. The molecular weight excluding hydrogens is 502 g/mol. The lowest BCUT2D eigenvalue weighted by Crippen LogP contribution is -2.26. The van der Waals surface area contributed by atoms with E-state index in [4.69, 9.17) is 14.2 Å². The number of aryl methyl sites for hydroxylation is 1. The second-order valence-electron chi connectivity index (χ2n) is 7.45. The number of ether oxygens (including phenoxy) is 3. The van der Waals surface area contributed by atoms with Crippen LogP contribution in [0.2, 0.25) is 0 Å². The van der Waals surface area contributed by atoms with Crippen molar-refractivity contribution in [2.24, 2.45) is 5.10 Å². The van der Waals surface area contributed by atoms with Crippen LogP contribution in [0.4, 0.5) is 0 Å². The van der Waals surface area contributed by atoms with E-state index in [0.717, 1.165) is 10.9 Å². The van der Waals surface area contributed by atoms with Gasteiger partial charge < -0.3 is 14.2 Å². The molecule has 1 atom stereocenters. The van der Waals surface area contributed by atoms with Crippen molar-refractivity contribution in [1.82, 2.24) is 9.66 Å². The Morgan fingerprint density at radius 2 is 1.94 bits per heavy atom. The topological polar surface area (TPSA) is 92.0 Å². The van der Waals surface area contributed by atoms with Gasteiger partial charge in [-0.15, -0.1) is 0 Å².